The maximum absolute atomic E-state index is 13.0. The van der Waals surface area contributed by atoms with E-state index >= 15 is 0 Å². The monoisotopic (exact) mass is 469 g/mol. The van der Waals surface area contributed by atoms with Crippen molar-refractivity contribution in [3.05, 3.63) is 119 Å². The van der Waals surface area contributed by atoms with Gasteiger partial charge in [0.15, 0.2) is 0 Å². The van der Waals surface area contributed by atoms with Gasteiger partial charge in [0, 0.05) is 5.56 Å². The fraction of sp³-hybridized carbons (Fsp3) is 0.143. The van der Waals surface area contributed by atoms with E-state index in [0.29, 0.717) is 29.4 Å². The van der Waals surface area contributed by atoms with E-state index in [4.69, 9.17) is 13.6 Å². The normalized spacial score (nSPS) is 17.2. The molecule has 0 bridgehead atoms. The molecule has 1 fully saturated rings. The summed E-state index contributed by atoms with van der Waals surface area (Å²) in [5.41, 5.74) is 2.55. The van der Waals surface area contributed by atoms with Crippen molar-refractivity contribution in [2.75, 3.05) is 0 Å². The molecule has 0 saturated carbocycles. The first-order valence-corrected chi connectivity index (χ1v) is 11.1. The summed E-state index contributed by atoms with van der Waals surface area (Å²) in [5.74, 6) is -0.299. The van der Waals surface area contributed by atoms with E-state index in [1.165, 1.54) is 17.4 Å². The summed E-state index contributed by atoms with van der Waals surface area (Å²) in [4.78, 5) is 27.3. The number of rotatable bonds is 7. The quantitative estimate of drug-likeness (QED) is 0.222. The number of carbonyl (C=O) groups excluding carboxylic acids is 2. The Balaban J connectivity index is 1.43. The van der Waals surface area contributed by atoms with Crippen molar-refractivity contribution in [2.45, 2.75) is 26.1 Å². The van der Waals surface area contributed by atoms with Crippen LogP contribution in [0.2, 0.25) is 0 Å². The smallest absolute Gasteiger partial charge is 0.296 e. The van der Waals surface area contributed by atoms with Crippen LogP contribution < -0.4 is 4.74 Å². The minimum Gasteiger partial charge on any atom is -0.507 e. The van der Waals surface area contributed by atoms with Gasteiger partial charge in [-0.15, -0.1) is 0 Å². The van der Waals surface area contributed by atoms with Crippen molar-refractivity contribution < 1.29 is 28.3 Å². The first-order chi connectivity index (χ1) is 17.0. The molecule has 0 spiro atoms. The number of Topliss-reactive ketones (excluding diaryl/α,β-unsaturated/α-hetero) is 1. The maximum atomic E-state index is 13.0. The molecule has 1 saturated heterocycles. The summed E-state index contributed by atoms with van der Waals surface area (Å²) < 4.78 is 16.8. The molecule has 5 rings (SSSR count). The van der Waals surface area contributed by atoms with Crippen LogP contribution in [0.3, 0.4) is 0 Å². The lowest BCUT2D eigenvalue weighted by Crippen LogP contribution is -2.28. The Labute approximate surface area is 201 Å². The Hall–Kier alpha value is -4.52. The van der Waals surface area contributed by atoms with Crippen LogP contribution in [0.4, 0.5) is 0 Å². The first kappa shape index (κ1) is 22.3. The number of furan rings is 2. The zero-order chi connectivity index (χ0) is 24.4. The van der Waals surface area contributed by atoms with Crippen molar-refractivity contribution in [2.24, 2.45) is 0 Å². The number of aliphatic hydroxyl groups is 1. The van der Waals surface area contributed by atoms with Crippen LogP contribution in [0.1, 0.15) is 34.3 Å². The second-order valence-corrected chi connectivity index (χ2v) is 8.32. The Morgan fingerprint density at radius 3 is 2.43 bits per heavy atom. The highest BCUT2D eigenvalue weighted by atomic mass is 16.5. The summed E-state index contributed by atoms with van der Waals surface area (Å²) in [5, 5.41) is 11.1. The van der Waals surface area contributed by atoms with Gasteiger partial charge in [-0.3, -0.25) is 9.59 Å². The van der Waals surface area contributed by atoms with Crippen LogP contribution in [0, 0.1) is 6.92 Å². The molecule has 0 radical (unpaired) electrons. The molecular formula is C28H23NO6. The number of hydrogen-bond donors (Lipinski definition) is 1. The fourth-order valence-corrected chi connectivity index (χ4v) is 4.19. The van der Waals surface area contributed by atoms with Gasteiger partial charge in [0.25, 0.3) is 11.7 Å². The number of aliphatic hydroxyl groups excluding tert-OH is 1. The van der Waals surface area contributed by atoms with Gasteiger partial charge in [0.2, 0.25) is 0 Å². The van der Waals surface area contributed by atoms with Crippen LogP contribution in [0.5, 0.6) is 5.75 Å². The van der Waals surface area contributed by atoms with Crippen molar-refractivity contribution in [3.63, 3.8) is 0 Å². The number of ether oxygens (including phenoxy) is 1. The van der Waals surface area contributed by atoms with Crippen molar-refractivity contribution in [1.29, 1.82) is 0 Å². The number of ketones is 1. The number of nitrogens with zero attached hydrogens (tertiary/aromatic N) is 1. The van der Waals surface area contributed by atoms with Gasteiger partial charge in [-0.25, -0.2) is 0 Å². The number of hydrogen-bond acceptors (Lipinski definition) is 6. The summed E-state index contributed by atoms with van der Waals surface area (Å²) in [7, 11) is 0. The molecule has 35 heavy (non-hydrogen) atoms. The van der Waals surface area contributed by atoms with E-state index in [1.807, 2.05) is 25.1 Å². The molecule has 1 atom stereocenters. The molecule has 1 amide bonds. The molecule has 2 aromatic heterocycles. The number of benzene rings is 2. The minimum absolute atomic E-state index is 0.0371. The van der Waals surface area contributed by atoms with Crippen LogP contribution in [0.15, 0.2) is 99.7 Å². The van der Waals surface area contributed by atoms with Gasteiger partial charge in [-0.2, -0.15) is 0 Å². The van der Waals surface area contributed by atoms with Crippen LogP contribution in [-0.2, 0) is 22.7 Å². The second-order valence-electron chi connectivity index (χ2n) is 8.32. The number of likely N-dealkylation sites (tertiary alicyclic amines) is 1. The SMILES string of the molecule is Cc1cccc(COc2ccc(/C(O)=C3\C(=O)C(=O)N(Cc4ccco4)[C@@H]3c3ccco3)cc2)c1. The molecule has 4 aromatic rings. The van der Waals surface area contributed by atoms with Crippen molar-refractivity contribution >= 4 is 17.4 Å². The number of aryl methyl sites for hydroxylation is 1. The minimum atomic E-state index is -0.882. The molecule has 1 N–H and O–H groups in total. The Bertz CT molecular complexity index is 1370. The summed E-state index contributed by atoms with van der Waals surface area (Å²) in [6.45, 7) is 2.49. The van der Waals surface area contributed by atoms with E-state index in [1.54, 1.807) is 48.5 Å². The zero-order valence-corrected chi connectivity index (χ0v) is 19.0. The van der Waals surface area contributed by atoms with Crippen LogP contribution in [-0.4, -0.2) is 21.7 Å². The first-order valence-electron chi connectivity index (χ1n) is 11.1. The summed E-state index contributed by atoms with van der Waals surface area (Å²) in [6.07, 6.45) is 2.96. The molecule has 1 aliphatic heterocycles. The molecule has 7 heteroatoms. The highest BCUT2D eigenvalue weighted by Crippen LogP contribution is 2.40. The third kappa shape index (κ3) is 4.48. The standard InChI is InChI=1S/C28H23NO6/c1-18-5-2-6-19(15-18)17-35-21-11-9-20(10-12-21)26(30)24-25(23-8-4-14-34-23)29(28(32)27(24)31)16-22-7-3-13-33-22/h2-15,25,30H,16-17H2,1H3/b26-24+/t25-/m1/s1. The average molecular weight is 469 g/mol. The van der Waals surface area contributed by atoms with Gasteiger partial charge >= 0.3 is 0 Å². The molecule has 7 nitrogen and oxygen atoms in total. The van der Waals surface area contributed by atoms with E-state index in [2.05, 4.69) is 6.07 Å². The van der Waals surface area contributed by atoms with Gasteiger partial charge in [0.05, 0.1) is 24.6 Å². The largest absolute Gasteiger partial charge is 0.507 e. The maximum Gasteiger partial charge on any atom is 0.296 e. The summed E-state index contributed by atoms with van der Waals surface area (Å²) in [6, 6.07) is 20.7. The number of amides is 1. The van der Waals surface area contributed by atoms with E-state index in [9.17, 15) is 14.7 Å². The van der Waals surface area contributed by atoms with Gasteiger partial charge in [-0.05, 0) is 61.0 Å². The molecule has 176 valence electrons. The molecule has 3 heterocycles. The van der Waals surface area contributed by atoms with Crippen LogP contribution >= 0.6 is 0 Å². The third-order valence-electron chi connectivity index (χ3n) is 5.87. The average Bonchev–Trinajstić information content (AvgIpc) is 3.62. The van der Waals surface area contributed by atoms with Gasteiger partial charge in [0.1, 0.15) is 35.7 Å². The van der Waals surface area contributed by atoms with Crippen molar-refractivity contribution in [1.82, 2.24) is 4.90 Å². The van der Waals surface area contributed by atoms with Crippen molar-refractivity contribution in [3.8, 4) is 5.75 Å². The van der Waals surface area contributed by atoms with Crippen LogP contribution in [0.25, 0.3) is 5.76 Å². The topological polar surface area (TPSA) is 93.1 Å². The Kier molecular flexibility index (Phi) is 5.97. The Morgan fingerprint density at radius 1 is 0.971 bits per heavy atom. The molecule has 2 aromatic carbocycles. The third-order valence-corrected chi connectivity index (χ3v) is 5.87. The predicted molar refractivity (Wildman–Crippen MR) is 127 cm³/mol. The molecule has 0 unspecified atom stereocenters. The highest BCUT2D eigenvalue weighted by molar-refractivity contribution is 6.46. The lowest BCUT2D eigenvalue weighted by Gasteiger charge is -2.22. The zero-order valence-electron chi connectivity index (χ0n) is 19.0. The van der Waals surface area contributed by atoms with E-state index < -0.39 is 17.7 Å². The molecule has 1 aliphatic rings. The van der Waals surface area contributed by atoms with Gasteiger partial charge in [-0.1, -0.05) is 29.8 Å². The lowest BCUT2D eigenvalue weighted by molar-refractivity contribution is -0.140. The lowest BCUT2D eigenvalue weighted by atomic mass is 9.99. The number of carbonyl (C=O) groups is 2. The van der Waals surface area contributed by atoms with E-state index in [0.717, 1.165) is 11.1 Å². The Morgan fingerprint density at radius 2 is 1.74 bits per heavy atom. The van der Waals surface area contributed by atoms with Gasteiger partial charge < -0.3 is 23.6 Å². The summed E-state index contributed by atoms with van der Waals surface area (Å²) >= 11 is 0. The predicted octanol–water partition coefficient (Wildman–Crippen LogP) is 5.38. The van der Waals surface area contributed by atoms with E-state index in [-0.39, 0.29) is 17.9 Å². The second kappa shape index (κ2) is 9.38. The molecule has 0 aliphatic carbocycles. The highest BCUT2D eigenvalue weighted by Gasteiger charge is 2.47. The fourth-order valence-electron chi connectivity index (χ4n) is 4.19. The molecular weight excluding hydrogens is 446 g/mol.